The van der Waals surface area contributed by atoms with Crippen LogP contribution in [0, 0.1) is 0 Å². The van der Waals surface area contributed by atoms with Gasteiger partial charge < -0.3 is 24.8 Å². The number of guanidine groups is 1. The molecule has 0 saturated carbocycles. The normalized spacial score (nSPS) is 12.3. The topological polar surface area (TPSA) is 81.2 Å². The highest BCUT2D eigenvalue weighted by Gasteiger charge is 2.12. The number of halogens is 1. The maximum atomic E-state index is 11.2. The SMILES string of the molecule is CCOC(=O)CCCCCCNC(=NC)NCCc1ccc2c(c1)OCO2.I. The van der Waals surface area contributed by atoms with E-state index in [1.165, 1.54) is 5.56 Å². The number of unbranched alkanes of at least 4 members (excludes halogenated alkanes) is 3. The Morgan fingerprint density at radius 2 is 1.86 bits per heavy atom. The number of esters is 1. The number of fused-ring (bicyclic) bond motifs is 1. The van der Waals surface area contributed by atoms with Gasteiger partial charge in [0.05, 0.1) is 6.61 Å². The number of benzene rings is 1. The smallest absolute Gasteiger partial charge is 0.305 e. The van der Waals surface area contributed by atoms with Crippen molar-refractivity contribution < 1.29 is 19.0 Å². The number of aliphatic imine (C=N–C) groups is 1. The number of rotatable bonds is 11. The fourth-order valence-electron chi connectivity index (χ4n) is 2.83. The highest BCUT2D eigenvalue weighted by Crippen LogP contribution is 2.32. The third-order valence-corrected chi connectivity index (χ3v) is 4.27. The Hall–Kier alpha value is -1.71. The van der Waals surface area contributed by atoms with E-state index >= 15 is 0 Å². The largest absolute Gasteiger partial charge is 0.466 e. The zero-order valence-electron chi connectivity index (χ0n) is 16.8. The third-order valence-electron chi connectivity index (χ3n) is 4.27. The van der Waals surface area contributed by atoms with E-state index in [4.69, 9.17) is 14.2 Å². The number of carbonyl (C=O) groups excluding carboxylic acids is 1. The van der Waals surface area contributed by atoms with Crippen molar-refractivity contribution in [2.24, 2.45) is 4.99 Å². The van der Waals surface area contributed by atoms with Crippen molar-refractivity contribution in [3.05, 3.63) is 23.8 Å². The molecule has 0 bridgehead atoms. The molecular weight excluding hydrogens is 473 g/mol. The average Bonchev–Trinajstić information content (AvgIpc) is 3.14. The number of nitrogens with one attached hydrogen (secondary N) is 2. The molecule has 28 heavy (non-hydrogen) atoms. The van der Waals surface area contributed by atoms with Crippen molar-refractivity contribution in [2.75, 3.05) is 33.5 Å². The third kappa shape index (κ3) is 8.99. The predicted molar refractivity (Wildman–Crippen MR) is 121 cm³/mol. The highest BCUT2D eigenvalue weighted by molar-refractivity contribution is 14.0. The quantitative estimate of drug-likeness (QED) is 0.158. The molecule has 1 aliphatic rings. The van der Waals surface area contributed by atoms with E-state index < -0.39 is 0 Å². The van der Waals surface area contributed by atoms with Crippen molar-refractivity contribution in [3.63, 3.8) is 0 Å². The number of ether oxygens (including phenoxy) is 3. The van der Waals surface area contributed by atoms with Gasteiger partial charge in [-0.2, -0.15) is 0 Å². The lowest BCUT2D eigenvalue weighted by atomic mass is 10.1. The van der Waals surface area contributed by atoms with Gasteiger partial charge in [-0.1, -0.05) is 18.9 Å². The van der Waals surface area contributed by atoms with Crippen molar-refractivity contribution in [1.82, 2.24) is 10.6 Å². The molecule has 0 amide bonds. The van der Waals surface area contributed by atoms with Crippen molar-refractivity contribution >= 4 is 35.9 Å². The standard InChI is InChI=1S/C20H31N3O4.HI/c1-3-25-19(24)8-6-4-5-7-12-22-20(21-2)23-13-11-16-9-10-17-18(14-16)27-15-26-17;/h9-10,14H,3-8,11-13,15H2,1-2H3,(H2,21,22,23);1H. The zero-order valence-corrected chi connectivity index (χ0v) is 19.1. The van der Waals surface area contributed by atoms with Crippen LogP contribution in [-0.2, 0) is 16.0 Å². The molecule has 0 aliphatic carbocycles. The monoisotopic (exact) mass is 505 g/mol. The number of hydrogen-bond acceptors (Lipinski definition) is 5. The van der Waals surface area contributed by atoms with E-state index in [1.54, 1.807) is 7.05 Å². The lowest BCUT2D eigenvalue weighted by Crippen LogP contribution is -2.38. The summed E-state index contributed by atoms with van der Waals surface area (Å²) in [6.45, 7) is 4.25. The van der Waals surface area contributed by atoms with Crippen LogP contribution in [0.3, 0.4) is 0 Å². The lowest BCUT2D eigenvalue weighted by molar-refractivity contribution is -0.143. The van der Waals surface area contributed by atoms with Crippen LogP contribution in [0.25, 0.3) is 0 Å². The minimum absolute atomic E-state index is 0. The second-order valence-corrected chi connectivity index (χ2v) is 6.33. The van der Waals surface area contributed by atoms with Gasteiger partial charge >= 0.3 is 5.97 Å². The van der Waals surface area contributed by atoms with Crippen LogP contribution in [0.15, 0.2) is 23.2 Å². The minimum atomic E-state index is -0.0947. The summed E-state index contributed by atoms with van der Waals surface area (Å²) in [5, 5.41) is 6.64. The van der Waals surface area contributed by atoms with E-state index in [-0.39, 0.29) is 29.9 Å². The second-order valence-electron chi connectivity index (χ2n) is 6.33. The van der Waals surface area contributed by atoms with Crippen LogP contribution in [0.2, 0.25) is 0 Å². The van der Waals surface area contributed by atoms with Gasteiger partial charge in [0.1, 0.15) is 0 Å². The van der Waals surface area contributed by atoms with Gasteiger partial charge in [0, 0.05) is 26.6 Å². The summed E-state index contributed by atoms with van der Waals surface area (Å²) in [5.41, 5.74) is 1.20. The van der Waals surface area contributed by atoms with Gasteiger partial charge in [-0.05, 0) is 43.9 Å². The summed E-state index contributed by atoms with van der Waals surface area (Å²) in [7, 11) is 1.77. The summed E-state index contributed by atoms with van der Waals surface area (Å²) in [6, 6.07) is 6.03. The average molecular weight is 505 g/mol. The Morgan fingerprint density at radius 3 is 2.64 bits per heavy atom. The molecule has 0 unspecified atom stereocenters. The molecule has 1 heterocycles. The number of nitrogens with zero attached hydrogens (tertiary/aromatic N) is 1. The second kappa shape index (κ2) is 14.3. The molecule has 1 aromatic carbocycles. The van der Waals surface area contributed by atoms with Gasteiger partial charge in [0.25, 0.3) is 0 Å². The van der Waals surface area contributed by atoms with Gasteiger partial charge in [-0.3, -0.25) is 9.79 Å². The molecule has 1 aromatic rings. The fourth-order valence-corrected chi connectivity index (χ4v) is 2.83. The Labute approximate surface area is 184 Å². The first-order chi connectivity index (χ1) is 13.2. The Balaban J connectivity index is 0.00000392. The van der Waals surface area contributed by atoms with Gasteiger partial charge in [-0.25, -0.2) is 0 Å². The minimum Gasteiger partial charge on any atom is -0.466 e. The van der Waals surface area contributed by atoms with Crippen LogP contribution in [0.4, 0.5) is 0 Å². The highest BCUT2D eigenvalue weighted by atomic mass is 127. The van der Waals surface area contributed by atoms with E-state index in [1.807, 2.05) is 19.1 Å². The molecule has 8 heteroatoms. The summed E-state index contributed by atoms with van der Waals surface area (Å²) >= 11 is 0. The Morgan fingerprint density at radius 1 is 1.11 bits per heavy atom. The van der Waals surface area contributed by atoms with Crippen LogP contribution in [0.5, 0.6) is 11.5 Å². The Bertz CT molecular complexity index is 625. The molecule has 2 N–H and O–H groups in total. The van der Waals surface area contributed by atoms with Gasteiger partial charge in [-0.15, -0.1) is 24.0 Å². The van der Waals surface area contributed by atoms with Gasteiger partial charge in [0.15, 0.2) is 17.5 Å². The van der Waals surface area contributed by atoms with E-state index in [2.05, 4.69) is 21.7 Å². The molecule has 158 valence electrons. The van der Waals surface area contributed by atoms with Crippen molar-refractivity contribution in [2.45, 2.75) is 45.4 Å². The van der Waals surface area contributed by atoms with Gasteiger partial charge in [0.2, 0.25) is 6.79 Å². The molecule has 0 radical (unpaired) electrons. The molecule has 0 spiro atoms. The van der Waals surface area contributed by atoms with E-state index in [0.717, 1.165) is 62.7 Å². The van der Waals surface area contributed by atoms with Crippen LogP contribution in [-0.4, -0.2) is 45.5 Å². The van der Waals surface area contributed by atoms with Crippen LogP contribution < -0.4 is 20.1 Å². The molecule has 1 aliphatic heterocycles. The predicted octanol–water partition coefficient (Wildman–Crippen LogP) is 3.25. The zero-order chi connectivity index (χ0) is 19.3. The van der Waals surface area contributed by atoms with Crippen molar-refractivity contribution in [1.29, 1.82) is 0 Å². The molecule has 0 saturated heterocycles. The maximum absolute atomic E-state index is 11.2. The molecule has 0 atom stereocenters. The molecule has 0 fully saturated rings. The van der Waals surface area contributed by atoms with E-state index in [0.29, 0.717) is 19.8 Å². The molecule has 2 rings (SSSR count). The summed E-state index contributed by atoms with van der Waals surface area (Å²) < 4.78 is 15.6. The first-order valence-electron chi connectivity index (χ1n) is 9.71. The molecular formula is C20H32IN3O4. The summed E-state index contributed by atoms with van der Waals surface area (Å²) in [5.74, 6) is 2.34. The summed E-state index contributed by atoms with van der Waals surface area (Å²) in [4.78, 5) is 15.5. The molecule has 0 aromatic heterocycles. The fraction of sp³-hybridized carbons (Fsp3) is 0.600. The lowest BCUT2D eigenvalue weighted by Gasteiger charge is -2.12. The Kier molecular flexibility index (Phi) is 12.4. The number of hydrogen-bond donors (Lipinski definition) is 2. The van der Waals surface area contributed by atoms with Crippen LogP contribution in [0.1, 0.15) is 44.6 Å². The molecule has 7 nitrogen and oxygen atoms in total. The first kappa shape index (κ1) is 24.3. The van der Waals surface area contributed by atoms with Crippen LogP contribution >= 0.6 is 24.0 Å². The van der Waals surface area contributed by atoms with E-state index in [9.17, 15) is 4.79 Å². The maximum Gasteiger partial charge on any atom is 0.305 e. The number of carbonyl (C=O) groups is 1. The van der Waals surface area contributed by atoms with Crippen molar-refractivity contribution in [3.8, 4) is 11.5 Å². The first-order valence-corrected chi connectivity index (χ1v) is 9.71. The summed E-state index contributed by atoms with van der Waals surface area (Å²) in [6.07, 6.45) is 5.46.